The van der Waals surface area contributed by atoms with E-state index < -0.39 is 6.04 Å². The summed E-state index contributed by atoms with van der Waals surface area (Å²) in [5, 5.41) is 5.97. The molecule has 0 radical (unpaired) electrons. The van der Waals surface area contributed by atoms with Gasteiger partial charge in [-0.25, -0.2) is 0 Å². The number of nitrogens with one attached hydrogen (secondary N) is 2. The van der Waals surface area contributed by atoms with E-state index in [0.29, 0.717) is 19.4 Å². The van der Waals surface area contributed by atoms with E-state index in [-0.39, 0.29) is 36.2 Å². The maximum Gasteiger partial charge on any atom is 0.247 e. The van der Waals surface area contributed by atoms with Crippen LogP contribution in [0.4, 0.5) is 0 Å². The molecule has 0 aromatic carbocycles. The number of carbonyl (C=O) groups excluding carboxylic acids is 3. The number of piperidine rings is 1. The average Bonchev–Trinajstić information content (AvgIpc) is 2.66. The van der Waals surface area contributed by atoms with Gasteiger partial charge in [0.25, 0.3) is 0 Å². The van der Waals surface area contributed by atoms with Gasteiger partial charge in [-0.05, 0) is 19.8 Å². The summed E-state index contributed by atoms with van der Waals surface area (Å²) >= 11 is 0. The molecule has 0 aromatic rings. The van der Waals surface area contributed by atoms with Crippen molar-refractivity contribution in [3.8, 4) is 0 Å². The van der Waals surface area contributed by atoms with Crippen molar-refractivity contribution < 1.29 is 14.4 Å². The van der Waals surface area contributed by atoms with Crippen LogP contribution in [0.15, 0.2) is 0 Å². The first-order valence-electron chi connectivity index (χ1n) is 6.91. The molecule has 0 spiro atoms. The summed E-state index contributed by atoms with van der Waals surface area (Å²) in [4.78, 5) is 36.5. The quantitative estimate of drug-likeness (QED) is 0.690. The molecular weight excluding hydrogens is 246 g/mol. The maximum absolute atomic E-state index is 12.2. The average molecular weight is 267 g/mol. The van der Waals surface area contributed by atoms with Gasteiger partial charge in [0, 0.05) is 25.0 Å². The molecule has 6 heteroatoms. The lowest BCUT2D eigenvalue weighted by atomic mass is 10.1. The molecule has 2 fully saturated rings. The minimum atomic E-state index is -0.429. The van der Waals surface area contributed by atoms with Crippen LogP contribution in [0.25, 0.3) is 0 Å². The molecule has 2 aliphatic heterocycles. The SMILES string of the molecule is CCC(C)N1C(=O)CC(NC2CCC(=O)NC2)C1=O. The number of hydrogen-bond donors (Lipinski definition) is 2. The van der Waals surface area contributed by atoms with Gasteiger partial charge in [-0.15, -0.1) is 0 Å². The molecule has 6 nitrogen and oxygen atoms in total. The molecule has 2 rings (SSSR count). The van der Waals surface area contributed by atoms with Crippen LogP contribution in [0.1, 0.15) is 39.5 Å². The second-order valence-electron chi connectivity index (χ2n) is 5.32. The fourth-order valence-corrected chi connectivity index (χ4v) is 2.59. The number of carbonyl (C=O) groups is 3. The predicted molar refractivity (Wildman–Crippen MR) is 69.2 cm³/mol. The smallest absolute Gasteiger partial charge is 0.247 e. The molecule has 0 aromatic heterocycles. The van der Waals surface area contributed by atoms with Crippen molar-refractivity contribution in [2.24, 2.45) is 0 Å². The largest absolute Gasteiger partial charge is 0.355 e. The van der Waals surface area contributed by atoms with Crippen molar-refractivity contribution in [2.45, 2.75) is 57.7 Å². The molecule has 2 aliphatic rings. The molecule has 2 saturated heterocycles. The molecule has 0 saturated carbocycles. The number of imide groups is 1. The first-order valence-corrected chi connectivity index (χ1v) is 6.91. The Labute approximate surface area is 112 Å². The molecule has 19 heavy (non-hydrogen) atoms. The van der Waals surface area contributed by atoms with Gasteiger partial charge >= 0.3 is 0 Å². The highest BCUT2D eigenvalue weighted by Gasteiger charge is 2.41. The second kappa shape index (κ2) is 5.69. The normalized spacial score (nSPS) is 29.6. The Morgan fingerprint density at radius 3 is 2.74 bits per heavy atom. The topological polar surface area (TPSA) is 78.5 Å². The van der Waals surface area contributed by atoms with Crippen LogP contribution in [0.3, 0.4) is 0 Å². The number of nitrogens with zero attached hydrogens (tertiary/aromatic N) is 1. The van der Waals surface area contributed by atoms with Crippen molar-refractivity contribution in [3.63, 3.8) is 0 Å². The summed E-state index contributed by atoms with van der Waals surface area (Å²) < 4.78 is 0. The highest BCUT2D eigenvalue weighted by atomic mass is 16.2. The van der Waals surface area contributed by atoms with Gasteiger partial charge in [-0.3, -0.25) is 19.3 Å². The van der Waals surface area contributed by atoms with Gasteiger partial charge in [0.2, 0.25) is 17.7 Å². The van der Waals surface area contributed by atoms with E-state index in [4.69, 9.17) is 0 Å². The van der Waals surface area contributed by atoms with E-state index in [2.05, 4.69) is 10.6 Å². The summed E-state index contributed by atoms with van der Waals surface area (Å²) in [5.41, 5.74) is 0. The third kappa shape index (κ3) is 2.94. The number of rotatable bonds is 4. The lowest BCUT2D eigenvalue weighted by Gasteiger charge is -2.26. The standard InChI is InChI=1S/C13H21N3O3/c1-3-8(2)16-12(18)6-10(13(16)19)15-9-4-5-11(17)14-7-9/h8-10,15H,3-7H2,1-2H3,(H,14,17). The van der Waals surface area contributed by atoms with Crippen LogP contribution in [0.5, 0.6) is 0 Å². The van der Waals surface area contributed by atoms with Crippen LogP contribution in [-0.2, 0) is 14.4 Å². The zero-order valence-electron chi connectivity index (χ0n) is 11.4. The number of amides is 3. The summed E-state index contributed by atoms with van der Waals surface area (Å²) in [6.07, 6.45) is 2.19. The van der Waals surface area contributed by atoms with Crippen molar-refractivity contribution in [2.75, 3.05) is 6.54 Å². The fraction of sp³-hybridized carbons (Fsp3) is 0.769. The zero-order chi connectivity index (χ0) is 14.0. The molecule has 2 N–H and O–H groups in total. The first kappa shape index (κ1) is 14.0. The van der Waals surface area contributed by atoms with Crippen LogP contribution in [-0.4, -0.2) is 47.3 Å². The molecule has 3 unspecified atom stereocenters. The van der Waals surface area contributed by atoms with Gasteiger partial charge in [-0.2, -0.15) is 0 Å². The van der Waals surface area contributed by atoms with Gasteiger partial charge in [0.1, 0.15) is 0 Å². The van der Waals surface area contributed by atoms with Crippen LogP contribution in [0.2, 0.25) is 0 Å². The van der Waals surface area contributed by atoms with Gasteiger partial charge in [0.05, 0.1) is 12.5 Å². The van der Waals surface area contributed by atoms with Crippen molar-refractivity contribution >= 4 is 17.7 Å². The van der Waals surface area contributed by atoms with Crippen LogP contribution >= 0.6 is 0 Å². The van der Waals surface area contributed by atoms with Gasteiger partial charge in [-0.1, -0.05) is 6.92 Å². The Kier molecular flexibility index (Phi) is 4.19. The summed E-state index contributed by atoms with van der Waals surface area (Å²) in [6, 6.07) is -0.393. The molecule has 106 valence electrons. The Bertz CT molecular complexity index is 387. The van der Waals surface area contributed by atoms with Crippen molar-refractivity contribution in [1.29, 1.82) is 0 Å². The van der Waals surface area contributed by atoms with E-state index in [0.717, 1.165) is 6.42 Å². The molecule has 3 atom stereocenters. The number of likely N-dealkylation sites (tertiary alicyclic amines) is 1. The van der Waals surface area contributed by atoms with Gasteiger partial charge in [0.15, 0.2) is 0 Å². The maximum atomic E-state index is 12.2. The Hall–Kier alpha value is -1.43. The van der Waals surface area contributed by atoms with E-state index in [1.54, 1.807) is 0 Å². The van der Waals surface area contributed by atoms with Crippen LogP contribution in [0, 0.1) is 0 Å². The van der Waals surface area contributed by atoms with Crippen molar-refractivity contribution in [1.82, 2.24) is 15.5 Å². The minimum Gasteiger partial charge on any atom is -0.355 e. The van der Waals surface area contributed by atoms with E-state index >= 15 is 0 Å². The second-order valence-corrected chi connectivity index (χ2v) is 5.32. The Morgan fingerprint density at radius 1 is 1.42 bits per heavy atom. The van der Waals surface area contributed by atoms with E-state index in [1.807, 2.05) is 13.8 Å². The highest BCUT2D eigenvalue weighted by molar-refractivity contribution is 6.05. The lowest BCUT2D eigenvalue weighted by Crippen LogP contribution is -2.51. The lowest BCUT2D eigenvalue weighted by molar-refractivity contribution is -0.141. The summed E-state index contributed by atoms with van der Waals surface area (Å²) in [6.45, 7) is 4.38. The fourth-order valence-electron chi connectivity index (χ4n) is 2.59. The van der Waals surface area contributed by atoms with E-state index in [9.17, 15) is 14.4 Å². The summed E-state index contributed by atoms with van der Waals surface area (Å²) in [5.74, 6) is -0.180. The monoisotopic (exact) mass is 267 g/mol. The van der Waals surface area contributed by atoms with Crippen molar-refractivity contribution in [3.05, 3.63) is 0 Å². The Balaban J connectivity index is 1.93. The molecular formula is C13H21N3O3. The van der Waals surface area contributed by atoms with Crippen LogP contribution < -0.4 is 10.6 Å². The number of hydrogen-bond acceptors (Lipinski definition) is 4. The predicted octanol–water partition coefficient (Wildman–Crippen LogP) is -0.219. The van der Waals surface area contributed by atoms with Gasteiger partial charge < -0.3 is 10.6 Å². The summed E-state index contributed by atoms with van der Waals surface area (Å²) in [7, 11) is 0. The molecule has 0 aliphatic carbocycles. The first-order chi connectivity index (χ1) is 9.02. The molecule has 0 bridgehead atoms. The minimum absolute atomic E-state index is 0.0436. The molecule has 3 amide bonds. The molecule has 2 heterocycles. The third-order valence-electron chi connectivity index (χ3n) is 3.92. The third-order valence-corrected chi connectivity index (χ3v) is 3.92. The Morgan fingerprint density at radius 2 is 2.16 bits per heavy atom. The highest BCUT2D eigenvalue weighted by Crippen LogP contribution is 2.19. The van der Waals surface area contributed by atoms with E-state index in [1.165, 1.54) is 4.90 Å². The zero-order valence-corrected chi connectivity index (χ0v) is 11.4.